The van der Waals surface area contributed by atoms with E-state index in [1.807, 2.05) is 42.7 Å². The lowest BCUT2D eigenvalue weighted by Crippen LogP contribution is -2.10. The summed E-state index contributed by atoms with van der Waals surface area (Å²) >= 11 is 0. The molecule has 2 aromatic heterocycles. The summed E-state index contributed by atoms with van der Waals surface area (Å²) in [5, 5.41) is 8.17. The van der Waals surface area contributed by atoms with Gasteiger partial charge in [-0.15, -0.1) is 6.42 Å². The number of nitrogens with zero attached hydrogens (tertiary/aromatic N) is 2. The number of aromatic nitrogens is 3. The maximum atomic E-state index is 6.35. The van der Waals surface area contributed by atoms with E-state index in [4.69, 9.17) is 26.4 Å². The molecule has 0 amide bonds. The van der Waals surface area contributed by atoms with Crippen LogP contribution in [0, 0.1) is 12.3 Å². The molecule has 174 valence electrons. The summed E-state index contributed by atoms with van der Waals surface area (Å²) in [5.74, 6) is 3.70. The Kier molecular flexibility index (Phi) is 7.76. The lowest BCUT2D eigenvalue weighted by Gasteiger charge is -2.16. The van der Waals surface area contributed by atoms with Gasteiger partial charge in [-0.2, -0.15) is 5.10 Å². The van der Waals surface area contributed by atoms with E-state index in [1.54, 1.807) is 0 Å². The average Bonchev–Trinajstić information content (AvgIpc) is 3.34. The number of aromatic amines is 1. The second-order valence-corrected chi connectivity index (χ2v) is 7.68. The highest BCUT2D eigenvalue weighted by molar-refractivity contribution is 5.88. The average molecular weight is 457 g/mol. The Balaban J connectivity index is 1.47. The van der Waals surface area contributed by atoms with E-state index in [0.29, 0.717) is 38.9 Å². The van der Waals surface area contributed by atoms with Crippen molar-refractivity contribution in [1.29, 1.82) is 0 Å². The predicted molar refractivity (Wildman–Crippen MR) is 135 cm³/mol. The van der Waals surface area contributed by atoms with Crippen LogP contribution < -0.4 is 10.5 Å². The zero-order valence-electron chi connectivity index (χ0n) is 19.2. The Morgan fingerprint density at radius 3 is 2.53 bits per heavy atom. The van der Waals surface area contributed by atoms with Crippen molar-refractivity contribution in [2.45, 2.75) is 13.3 Å². The van der Waals surface area contributed by atoms with Gasteiger partial charge in [-0.25, -0.2) is 4.98 Å². The van der Waals surface area contributed by atoms with Crippen LogP contribution >= 0.6 is 0 Å². The van der Waals surface area contributed by atoms with Crippen LogP contribution in [0.5, 0.6) is 5.75 Å². The minimum Gasteiger partial charge on any atom is -0.491 e. The highest BCUT2D eigenvalue weighted by Gasteiger charge is 2.16. The number of pyridine rings is 1. The first kappa shape index (κ1) is 23.3. The molecule has 0 saturated carbocycles. The van der Waals surface area contributed by atoms with Gasteiger partial charge in [0.05, 0.1) is 31.5 Å². The van der Waals surface area contributed by atoms with Crippen molar-refractivity contribution in [1.82, 2.24) is 15.2 Å². The number of terminal acetylenes is 1. The molecule has 7 heteroatoms. The standard InChI is InChI=1S/C27H28N4O3/c1-3-11-32-12-13-33-14-15-34-22-8-5-19(6-9-22)26-23(4-2)24(18-29-27(26)28)20-7-10-25-21(16-20)17-30-31-25/h1,5-10,16-18H,4,11-15H2,2H3,(H2,28,29)(H,30,31). The van der Waals surface area contributed by atoms with E-state index < -0.39 is 0 Å². The van der Waals surface area contributed by atoms with Crippen LogP contribution in [0.1, 0.15) is 12.5 Å². The minimum absolute atomic E-state index is 0.300. The number of nitrogen functional groups attached to an aromatic ring is 1. The van der Waals surface area contributed by atoms with E-state index in [1.165, 1.54) is 0 Å². The third-order valence-electron chi connectivity index (χ3n) is 5.52. The van der Waals surface area contributed by atoms with E-state index >= 15 is 0 Å². The molecule has 4 aromatic rings. The number of anilines is 1. The molecular weight excluding hydrogens is 428 g/mol. The fourth-order valence-electron chi connectivity index (χ4n) is 3.90. The number of nitrogens with one attached hydrogen (secondary N) is 1. The number of benzene rings is 2. The third-order valence-corrected chi connectivity index (χ3v) is 5.52. The number of fused-ring (bicyclic) bond motifs is 1. The van der Waals surface area contributed by atoms with Crippen molar-refractivity contribution in [3.8, 4) is 40.3 Å². The van der Waals surface area contributed by atoms with Crippen LogP contribution in [-0.4, -0.2) is 48.2 Å². The van der Waals surface area contributed by atoms with Crippen LogP contribution in [0.3, 0.4) is 0 Å². The maximum absolute atomic E-state index is 6.35. The summed E-state index contributed by atoms with van der Waals surface area (Å²) < 4.78 is 16.4. The summed E-state index contributed by atoms with van der Waals surface area (Å²) in [5.41, 5.74) is 12.6. The fraction of sp³-hybridized carbons (Fsp3) is 0.259. The molecule has 0 fully saturated rings. The van der Waals surface area contributed by atoms with Gasteiger partial charge in [-0.05, 0) is 47.4 Å². The van der Waals surface area contributed by atoms with Crippen LogP contribution in [0.2, 0.25) is 0 Å². The van der Waals surface area contributed by atoms with E-state index in [2.05, 4.69) is 40.2 Å². The Hall–Kier alpha value is -3.86. The first-order valence-corrected chi connectivity index (χ1v) is 11.2. The molecule has 0 atom stereocenters. The Morgan fingerprint density at radius 2 is 1.74 bits per heavy atom. The molecule has 7 nitrogen and oxygen atoms in total. The Morgan fingerprint density at radius 1 is 0.971 bits per heavy atom. The van der Waals surface area contributed by atoms with Crippen molar-refractivity contribution < 1.29 is 14.2 Å². The lowest BCUT2D eigenvalue weighted by atomic mass is 9.91. The molecule has 0 spiro atoms. The first-order valence-electron chi connectivity index (χ1n) is 11.2. The van der Waals surface area contributed by atoms with E-state index in [-0.39, 0.29) is 0 Å². The maximum Gasteiger partial charge on any atom is 0.131 e. The molecule has 0 bridgehead atoms. The van der Waals surface area contributed by atoms with Crippen LogP contribution in [0.15, 0.2) is 54.9 Å². The van der Waals surface area contributed by atoms with Crippen molar-refractivity contribution in [3.63, 3.8) is 0 Å². The van der Waals surface area contributed by atoms with Crippen LogP contribution in [0.4, 0.5) is 5.82 Å². The molecule has 0 aliphatic carbocycles. The van der Waals surface area contributed by atoms with E-state index in [0.717, 1.165) is 50.9 Å². The fourth-order valence-corrected chi connectivity index (χ4v) is 3.90. The number of hydrogen-bond acceptors (Lipinski definition) is 6. The SMILES string of the molecule is C#CCOCCOCCOc1ccc(-c2c(N)ncc(-c3ccc4[nH]ncc4c3)c2CC)cc1. The number of hydrogen-bond donors (Lipinski definition) is 2. The van der Waals surface area contributed by atoms with Gasteiger partial charge >= 0.3 is 0 Å². The lowest BCUT2D eigenvalue weighted by molar-refractivity contribution is 0.0462. The number of ether oxygens (including phenoxy) is 3. The molecule has 0 aliphatic heterocycles. The summed E-state index contributed by atoms with van der Waals surface area (Å²) in [6.45, 7) is 4.32. The molecule has 2 heterocycles. The van der Waals surface area contributed by atoms with Crippen molar-refractivity contribution in [2.24, 2.45) is 0 Å². The quantitative estimate of drug-likeness (QED) is 0.255. The highest BCUT2D eigenvalue weighted by Crippen LogP contribution is 2.37. The molecule has 34 heavy (non-hydrogen) atoms. The smallest absolute Gasteiger partial charge is 0.131 e. The molecule has 3 N–H and O–H groups in total. The molecule has 0 aliphatic rings. The van der Waals surface area contributed by atoms with E-state index in [9.17, 15) is 0 Å². The first-order chi connectivity index (χ1) is 16.7. The highest BCUT2D eigenvalue weighted by atomic mass is 16.5. The topological polar surface area (TPSA) is 95.3 Å². The van der Waals surface area contributed by atoms with Crippen molar-refractivity contribution >= 4 is 16.7 Å². The summed E-state index contributed by atoms with van der Waals surface area (Å²) in [6.07, 6.45) is 9.63. The molecule has 0 saturated heterocycles. The van der Waals surface area contributed by atoms with Gasteiger partial charge < -0.3 is 19.9 Å². The van der Waals surface area contributed by atoms with Gasteiger partial charge in [0.2, 0.25) is 0 Å². The zero-order chi connectivity index (χ0) is 23.8. The molecule has 2 aromatic carbocycles. The van der Waals surface area contributed by atoms with Gasteiger partial charge in [-0.3, -0.25) is 5.10 Å². The predicted octanol–water partition coefficient (Wildman–Crippen LogP) is 4.48. The molecular formula is C27H28N4O3. The van der Waals surface area contributed by atoms with Gasteiger partial charge in [-0.1, -0.05) is 31.0 Å². The summed E-state index contributed by atoms with van der Waals surface area (Å²) in [6, 6.07) is 14.1. The van der Waals surface area contributed by atoms with Gasteiger partial charge in [0.25, 0.3) is 0 Å². The zero-order valence-corrected chi connectivity index (χ0v) is 19.2. The second-order valence-electron chi connectivity index (χ2n) is 7.68. The summed E-state index contributed by atoms with van der Waals surface area (Å²) in [4.78, 5) is 4.51. The monoisotopic (exact) mass is 456 g/mol. The van der Waals surface area contributed by atoms with Crippen LogP contribution in [0.25, 0.3) is 33.2 Å². The molecule has 0 unspecified atom stereocenters. The van der Waals surface area contributed by atoms with Crippen LogP contribution in [-0.2, 0) is 15.9 Å². The van der Waals surface area contributed by atoms with Gasteiger partial charge in [0, 0.05) is 22.7 Å². The third kappa shape index (κ3) is 5.37. The normalized spacial score (nSPS) is 10.9. The summed E-state index contributed by atoms with van der Waals surface area (Å²) in [7, 11) is 0. The largest absolute Gasteiger partial charge is 0.491 e. The number of H-pyrrole nitrogens is 1. The van der Waals surface area contributed by atoms with Crippen molar-refractivity contribution in [3.05, 3.63) is 60.4 Å². The number of rotatable bonds is 11. The minimum atomic E-state index is 0.300. The van der Waals surface area contributed by atoms with Gasteiger partial charge in [0.15, 0.2) is 0 Å². The van der Waals surface area contributed by atoms with Crippen molar-refractivity contribution in [2.75, 3.05) is 38.8 Å². The van der Waals surface area contributed by atoms with Gasteiger partial charge in [0.1, 0.15) is 24.8 Å². The Bertz CT molecular complexity index is 1280. The molecule has 0 radical (unpaired) electrons. The Labute approximate surface area is 199 Å². The number of nitrogens with two attached hydrogens (primary N) is 1. The molecule has 4 rings (SSSR count). The second kappa shape index (κ2) is 11.3.